The number of nitrogens with zero attached hydrogens (tertiary/aromatic N) is 2. The molecule has 98 valence electrons. The summed E-state index contributed by atoms with van der Waals surface area (Å²) in [6.07, 6.45) is 0. The Morgan fingerprint density at radius 1 is 1.28 bits per heavy atom. The predicted octanol–water partition coefficient (Wildman–Crippen LogP) is 0.415. The minimum atomic E-state index is -1.22. The monoisotopic (exact) mass is 252 g/mol. The summed E-state index contributed by atoms with van der Waals surface area (Å²) < 4.78 is 0.975. The molecule has 0 fully saturated rings. The summed E-state index contributed by atoms with van der Waals surface area (Å²) in [4.78, 5) is 36.0. The van der Waals surface area contributed by atoms with Crippen molar-refractivity contribution in [2.45, 2.75) is 20.4 Å². The van der Waals surface area contributed by atoms with Crippen LogP contribution in [0.4, 0.5) is 0 Å². The molecular formula is C12H16N2O4. The van der Waals surface area contributed by atoms with Gasteiger partial charge in [0.2, 0.25) is 5.91 Å². The van der Waals surface area contributed by atoms with Crippen LogP contribution in [0.5, 0.6) is 0 Å². The molecule has 0 atom stereocenters. The van der Waals surface area contributed by atoms with Gasteiger partial charge >= 0.3 is 5.97 Å². The first-order valence-corrected chi connectivity index (χ1v) is 5.72. The van der Waals surface area contributed by atoms with Gasteiger partial charge in [0.1, 0.15) is 12.2 Å². The number of hydrogen-bond acceptors (Lipinski definition) is 3. The van der Waals surface area contributed by atoms with Gasteiger partial charge in [-0.2, -0.15) is 0 Å². The Hall–Kier alpha value is -2.11. The average Bonchev–Trinajstić information content (AvgIpc) is 2.33. The third kappa shape index (κ3) is 2.97. The van der Waals surface area contributed by atoms with E-state index in [0.29, 0.717) is 13.1 Å². The van der Waals surface area contributed by atoms with Crippen molar-refractivity contribution in [1.82, 2.24) is 9.47 Å². The molecule has 6 heteroatoms. The molecular weight excluding hydrogens is 236 g/mol. The molecule has 6 nitrogen and oxygen atoms in total. The van der Waals surface area contributed by atoms with Crippen molar-refractivity contribution < 1.29 is 14.7 Å². The van der Waals surface area contributed by atoms with Crippen LogP contribution in [0.3, 0.4) is 0 Å². The summed E-state index contributed by atoms with van der Waals surface area (Å²) in [7, 11) is 0. The van der Waals surface area contributed by atoms with Crippen LogP contribution in [0.2, 0.25) is 0 Å². The molecule has 0 aromatic carbocycles. The highest BCUT2D eigenvalue weighted by atomic mass is 16.4. The molecule has 1 aromatic rings. The Morgan fingerprint density at radius 2 is 1.89 bits per heavy atom. The molecule has 1 N–H and O–H groups in total. The first-order valence-electron chi connectivity index (χ1n) is 5.72. The first kappa shape index (κ1) is 14.0. The fraction of sp³-hybridized carbons (Fsp3) is 0.417. The molecule has 0 unspecified atom stereocenters. The molecule has 0 bridgehead atoms. The van der Waals surface area contributed by atoms with Gasteiger partial charge < -0.3 is 10.0 Å². The number of hydrogen-bond donors (Lipinski definition) is 1. The van der Waals surface area contributed by atoms with Crippen molar-refractivity contribution in [2.24, 2.45) is 0 Å². The lowest BCUT2D eigenvalue weighted by Crippen LogP contribution is -2.37. The number of rotatable bonds is 5. The van der Waals surface area contributed by atoms with Gasteiger partial charge in [0, 0.05) is 19.2 Å². The molecule has 0 saturated heterocycles. The van der Waals surface area contributed by atoms with Gasteiger partial charge in [0.15, 0.2) is 0 Å². The van der Waals surface area contributed by atoms with E-state index in [9.17, 15) is 14.4 Å². The second kappa shape index (κ2) is 6.00. The van der Waals surface area contributed by atoms with E-state index in [1.165, 1.54) is 18.2 Å². The molecule has 1 heterocycles. The fourth-order valence-corrected chi connectivity index (χ4v) is 1.68. The molecule has 1 aromatic heterocycles. The Balaban J connectivity index is 3.07. The summed E-state index contributed by atoms with van der Waals surface area (Å²) >= 11 is 0. The molecule has 1 rings (SSSR count). The van der Waals surface area contributed by atoms with Crippen LogP contribution in [0.15, 0.2) is 23.0 Å². The zero-order valence-electron chi connectivity index (χ0n) is 10.4. The highest BCUT2D eigenvalue weighted by Crippen LogP contribution is 1.99. The van der Waals surface area contributed by atoms with Crippen LogP contribution in [-0.4, -0.2) is 39.5 Å². The van der Waals surface area contributed by atoms with Crippen LogP contribution in [0.1, 0.15) is 24.3 Å². The van der Waals surface area contributed by atoms with E-state index < -0.39 is 11.5 Å². The van der Waals surface area contributed by atoms with Gasteiger partial charge in [-0.25, -0.2) is 4.79 Å². The van der Waals surface area contributed by atoms with E-state index in [-0.39, 0.29) is 18.1 Å². The lowest BCUT2D eigenvalue weighted by Gasteiger charge is -2.19. The quantitative estimate of drug-likeness (QED) is 0.823. The van der Waals surface area contributed by atoms with Crippen LogP contribution in [0.25, 0.3) is 0 Å². The van der Waals surface area contributed by atoms with E-state index in [1.54, 1.807) is 4.90 Å². The summed E-state index contributed by atoms with van der Waals surface area (Å²) in [6.45, 7) is 4.46. The number of likely N-dealkylation sites (N-methyl/N-ethyl adjacent to an activating group) is 1. The minimum absolute atomic E-state index is 0.178. The van der Waals surface area contributed by atoms with Crippen molar-refractivity contribution in [3.05, 3.63) is 34.2 Å². The largest absolute Gasteiger partial charge is 0.477 e. The fourth-order valence-electron chi connectivity index (χ4n) is 1.68. The number of aromatic nitrogens is 1. The van der Waals surface area contributed by atoms with Crippen molar-refractivity contribution >= 4 is 11.9 Å². The molecule has 0 spiro atoms. The van der Waals surface area contributed by atoms with Crippen molar-refractivity contribution in [2.75, 3.05) is 13.1 Å². The maximum Gasteiger partial charge on any atom is 0.352 e. The van der Waals surface area contributed by atoms with Crippen molar-refractivity contribution in [3.8, 4) is 0 Å². The Labute approximate surface area is 104 Å². The first-order chi connectivity index (χ1) is 8.51. The highest BCUT2D eigenvalue weighted by molar-refractivity contribution is 5.86. The Morgan fingerprint density at radius 3 is 2.39 bits per heavy atom. The summed E-state index contributed by atoms with van der Waals surface area (Å²) in [5.41, 5.74) is -0.668. The number of carbonyl (C=O) groups is 2. The van der Waals surface area contributed by atoms with Gasteiger partial charge in [-0.3, -0.25) is 14.2 Å². The van der Waals surface area contributed by atoms with Gasteiger partial charge in [-0.05, 0) is 19.9 Å². The minimum Gasteiger partial charge on any atom is -0.477 e. The SMILES string of the molecule is CCN(CC)C(=O)Cn1c(C(=O)O)cccc1=O. The molecule has 1 amide bonds. The van der Waals surface area contributed by atoms with Crippen molar-refractivity contribution in [3.63, 3.8) is 0 Å². The molecule has 0 aliphatic heterocycles. The van der Waals surface area contributed by atoms with Crippen LogP contribution < -0.4 is 5.56 Å². The van der Waals surface area contributed by atoms with Gasteiger partial charge in [0.25, 0.3) is 5.56 Å². The van der Waals surface area contributed by atoms with Crippen LogP contribution in [-0.2, 0) is 11.3 Å². The second-order valence-electron chi connectivity index (χ2n) is 3.71. The smallest absolute Gasteiger partial charge is 0.352 e. The van der Waals surface area contributed by atoms with E-state index in [0.717, 1.165) is 4.57 Å². The second-order valence-corrected chi connectivity index (χ2v) is 3.71. The van der Waals surface area contributed by atoms with E-state index in [1.807, 2.05) is 13.8 Å². The third-order valence-corrected chi connectivity index (χ3v) is 2.68. The Kier molecular flexibility index (Phi) is 4.65. The molecule has 18 heavy (non-hydrogen) atoms. The maximum absolute atomic E-state index is 11.9. The maximum atomic E-state index is 11.9. The number of carboxylic acids is 1. The predicted molar refractivity (Wildman–Crippen MR) is 65.6 cm³/mol. The lowest BCUT2D eigenvalue weighted by atomic mass is 10.3. The average molecular weight is 252 g/mol. The highest BCUT2D eigenvalue weighted by Gasteiger charge is 2.16. The van der Waals surface area contributed by atoms with E-state index in [2.05, 4.69) is 0 Å². The third-order valence-electron chi connectivity index (χ3n) is 2.68. The zero-order valence-corrected chi connectivity index (χ0v) is 10.4. The number of aromatic carboxylic acids is 1. The number of amides is 1. The summed E-state index contributed by atoms with van der Waals surface area (Å²) in [5, 5.41) is 8.97. The van der Waals surface area contributed by atoms with Crippen molar-refractivity contribution in [1.29, 1.82) is 0 Å². The summed E-state index contributed by atoms with van der Waals surface area (Å²) in [5.74, 6) is -1.49. The molecule has 0 aliphatic carbocycles. The number of carbonyl (C=O) groups excluding carboxylic acids is 1. The number of carboxylic acid groups (broad SMARTS) is 1. The standard InChI is InChI=1S/C12H16N2O4/c1-3-13(4-2)11(16)8-14-9(12(17)18)6-5-7-10(14)15/h5-7H,3-4,8H2,1-2H3,(H,17,18). The molecule has 0 aliphatic rings. The van der Waals surface area contributed by atoms with E-state index in [4.69, 9.17) is 5.11 Å². The molecule has 0 radical (unpaired) electrons. The Bertz CT molecular complexity index is 503. The summed E-state index contributed by atoms with van der Waals surface area (Å²) in [6, 6.07) is 3.91. The topological polar surface area (TPSA) is 79.6 Å². The lowest BCUT2D eigenvalue weighted by molar-refractivity contribution is -0.131. The van der Waals surface area contributed by atoms with Gasteiger partial charge in [-0.1, -0.05) is 6.07 Å². The number of pyridine rings is 1. The molecule has 0 saturated carbocycles. The van der Waals surface area contributed by atoms with Gasteiger partial charge in [0.05, 0.1) is 0 Å². The normalized spacial score (nSPS) is 10.1. The van der Waals surface area contributed by atoms with Gasteiger partial charge in [-0.15, -0.1) is 0 Å². The zero-order chi connectivity index (χ0) is 13.7. The van der Waals surface area contributed by atoms with E-state index >= 15 is 0 Å². The van der Waals surface area contributed by atoms with Crippen LogP contribution >= 0.6 is 0 Å². The van der Waals surface area contributed by atoms with Crippen LogP contribution in [0, 0.1) is 0 Å².